The Balaban J connectivity index is 2.31. The fourth-order valence-electron chi connectivity index (χ4n) is 1.97. The molecule has 0 fully saturated rings. The van der Waals surface area contributed by atoms with Crippen LogP contribution in [0.15, 0.2) is 24.3 Å². The highest BCUT2D eigenvalue weighted by Crippen LogP contribution is 2.11. The number of carbonyl (C=O) groups is 1. The Hall–Kier alpha value is -1.86. The molecule has 0 saturated carbocycles. The number of nitrogens with zero attached hydrogens (tertiary/aromatic N) is 1. The van der Waals surface area contributed by atoms with E-state index in [9.17, 15) is 4.79 Å². The summed E-state index contributed by atoms with van der Waals surface area (Å²) >= 11 is 0. The van der Waals surface area contributed by atoms with Gasteiger partial charge in [0.15, 0.2) is 0 Å². The minimum absolute atomic E-state index is 0.100. The lowest BCUT2D eigenvalue weighted by atomic mass is 10.1. The summed E-state index contributed by atoms with van der Waals surface area (Å²) in [4.78, 5) is 11.7. The Morgan fingerprint density at radius 3 is 2.80 bits per heavy atom. The van der Waals surface area contributed by atoms with E-state index < -0.39 is 0 Å². The first kappa shape index (κ1) is 16.2. The lowest BCUT2D eigenvalue weighted by Crippen LogP contribution is -2.18. The first-order valence-electron chi connectivity index (χ1n) is 6.93. The number of ether oxygens (including phenoxy) is 1. The lowest BCUT2D eigenvalue weighted by Gasteiger charge is -2.14. The van der Waals surface area contributed by atoms with E-state index in [0.29, 0.717) is 30.2 Å². The monoisotopic (exact) mass is 274 g/mol. The van der Waals surface area contributed by atoms with Crippen molar-refractivity contribution in [2.75, 3.05) is 11.9 Å². The minimum atomic E-state index is -0.100. The van der Waals surface area contributed by atoms with Crippen LogP contribution in [0, 0.1) is 17.2 Å². The molecule has 4 nitrogen and oxygen atoms in total. The van der Waals surface area contributed by atoms with E-state index in [1.54, 1.807) is 24.3 Å². The summed E-state index contributed by atoms with van der Waals surface area (Å²) in [7, 11) is 0. The van der Waals surface area contributed by atoms with Gasteiger partial charge in [0.1, 0.15) is 0 Å². The van der Waals surface area contributed by atoms with Gasteiger partial charge in [-0.2, -0.15) is 5.26 Å². The van der Waals surface area contributed by atoms with Gasteiger partial charge in [-0.1, -0.05) is 19.9 Å². The van der Waals surface area contributed by atoms with Gasteiger partial charge in [-0.25, -0.2) is 0 Å². The Labute approximate surface area is 120 Å². The zero-order valence-corrected chi connectivity index (χ0v) is 12.3. The number of rotatable bonds is 7. The van der Waals surface area contributed by atoms with Crippen molar-refractivity contribution in [3.63, 3.8) is 0 Å². The number of nitriles is 1. The molecule has 0 bridgehead atoms. The van der Waals surface area contributed by atoms with E-state index in [2.05, 4.69) is 19.2 Å². The smallest absolute Gasteiger partial charge is 0.226 e. The summed E-state index contributed by atoms with van der Waals surface area (Å²) in [5.74, 6) is 0.490. The molecule has 0 aliphatic rings. The molecule has 108 valence electrons. The highest BCUT2D eigenvalue weighted by atomic mass is 16.5. The number of amides is 1. The Morgan fingerprint density at radius 2 is 2.15 bits per heavy atom. The van der Waals surface area contributed by atoms with Crippen molar-refractivity contribution in [2.45, 2.75) is 39.7 Å². The SMILES string of the molecule is CC(C)CC(C)OCCC(=O)Nc1cccc(C#N)c1. The number of carbonyl (C=O) groups excluding carboxylic acids is 1. The molecular formula is C16H22N2O2. The number of nitrogens with one attached hydrogen (secondary N) is 1. The van der Waals surface area contributed by atoms with Crippen LogP contribution in [-0.4, -0.2) is 18.6 Å². The minimum Gasteiger partial charge on any atom is -0.378 e. The average Bonchev–Trinajstić information content (AvgIpc) is 2.38. The summed E-state index contributed by atoms with van der Waals surface area (Å²) < 4.78 is 5.59. The maximum Gasteiger partial charge on any atom is 0.226 e. The van der Waals surface area contributed by atoms with E-state index >= 15 is 0 Å². The third-order valence-corrected chi connectivity index (χ3v) is 2.81. The zero-order chi connectivity index (χ0) is 15.0. The van der Waals surface area contributed by atoms with Gasteiger partial charge in [0.25, 0.3) is 0 Å². The molecule has 1 aromatic rings. The van der Waals surface area contributed by atoms with E-state index in [1.165, 1.54) is 0 Å². The fraction of sp³-hybridized carbons (Fsp3) is 0.500. The van der Waals surface area contributed by atoms with Crippen LogP contribution in [0.3, 0.4) is 0 Å². The van der Waals surface area contributed by atoms with Crippen molar-refractivity contribution in [2.24, 2.45) is 5.92 Å². The van der Waals surface area contributed by atoms with Crippen molar-refractivity contribution >= 4 is 11.6 Å². The Kier molecular flexibility index (Phi) is 6.75. The fourth-order valence-corrected chi connectivity index (χ4v) is 1.97. The predicted octanol–water partition coefficient (Wildman–Crippen LogP) is 3.34. The molecule has 1 rings (SSSR count). The molecule has 1 aromatic carbocycles. The maximum atomic E-state index is 11.7. The van der Waals surface area contributed by atoms with Crippen molar-refractivity contribution in [1.29, 1.82) is 5.26 Å². The molecule has 0 radical (unpaired) electrons. The van der Waals surface area contributed by atoms with E-state index in [4.69, 9.17) is 10.00 Å². The second-order valence-corrected chi connectivity index (χ2v) is 5.30. The summed E-state index contributed by atoms with van der Waals surface area (Å²) in [6, 6.07) is 8.90. The van der Waals surface area contributed by atoms with Gasteiger partial charge >= 0.3 is 0 Å². The largest absolute Gasteiger partial charge is 0.378 e. The lowest BCUT2D eigenvalue weighted by molar-refractivity contribution is -0.117. The van der Waals surface area contributed by atoms with Gasteiger partial charge in [0.05, 0.1) is 30.8 Å². The topological polar surface area (TPSA) is 62.1 Å². The quantitative estimate of drug-likeness (QED) is 0.829. The molecule has 0 saturated heterocycles. The van der Waals surface area contributed by atoms with Crippen molar-refractivity contribution in [1.82, 2.24) is 0 Å². The van der Waals surface area contributed by atoms with Gasteiger partial charge < -0.3 is 10.1 Å². The molecule has 1 N–H and O–H groups in total. The number of benzene rings is 1. The van der Waals surface area contributed by atoms with E-state index in [1.807, 2.05) is 13.0 Å². The van der Waals surface area contributed by atoms with Gasteiger partial charge in [0.2, 0.25) is 5.91 Å². The van der Waals surface area contributed by atoms with Crippen LogP contribution >= 0.6 is 0 Å². The highest BCUT2D eigenvalue weighted by Gasteiger charge is 2.07. The molecular weight excluding hydrogens is 252 g/mol. The molecule has 4 heteroatoms. The van der Waals surface area contributed by atoms with Crippen molar-refractivity contribution < 1.29 is 9.53 Å². The van der Waals surface area contributed by atoms with Gasteiger partial charge in [-0.15, -0.1) is 0 Å². The third-order valence-electron chi connectivity index (χ3n) is 2.81. The second-order valence-electron chi connectivity index (χ2n) is 5.30. The van der Waals surface area contributed by atoms with Crippen LogP contribution in [0.2, 0.25) is 0 Å². The Bertz CT molecular complexity index is 478. The molecule has 1 unspecified atom stereocenters. The summed E-state index contributed by atoms with van der Waals surface area (Å²) in [6.07, 6.45) is 1.48. The molecule has 0 aliphatic carbocycles. The van der Waals surface area contributed by atoms with E-state index in [-0.39, 0.29) is 12.0 Å². The molecule has 0 heterocycles. The molecule has 1 amide bonds. The summed E-state index contributed by atoms with van der Waals surface area (Å²) in [6.45, 7) is 6.73. The van der Waals surface area contributed by atoms with Gasteiger partial charge in [-0.3, -0.25) is 4.79 Å². The van der Waals surface area contributed by atoms with Gasteiger partial charge in [0, 0.05) is 5.69 Å². The number of hydrogen-bond donors (Lipinski definition) is 1. The average molecular weight is 274 g/mol. The van der Waals surface area contributed by atoms with Crippen LogP contribution in [0.25, 0.3) is 0 Å². The second kappa shape index (κ2) is 8.34. The third kappa shape index (κ3) is 6.35. The van der Waals surface area contributed by atoms with Gasteiger partial charge in [-0.05, 0) is 37.5 Å². The number of hydrogen-bond acceptors (Lipinski definition) is 3. The Morgan fingerprint density at radius 1 is 1.40 bits per heavy atom. The highest BCUT2D eigenvalue weighted by molar-refractivity contribution is 5.90. The van der Waals surface area contributed by atoms with Crippen molar-refractivity contribution in [3.8, 4) is 6.07 Å². The standard InChI is InChI=1S/C16H22N2O2/c1-12(2)9-13(3)20-8-7-16(19)18-15-6-4-5-14(10-15)11-17/h4-6,10,12-13H,7-9H2,1-3H3,(H,18,19). The summed E-state index contributed by atoms with van der Waals surface area (Å²) in [5.41, 5.74) is 1.17. The molecule has 1 atom stereocenters. The molecule has 0 aliphatic heterocycles. The molecule has 20 heavy (non-hydrogen) atoms. The normalized spacial score (nSPS) is 11.9. The van der Waals surface area contributed by atoms with Crippen LogP contribution in [0.1, 0.15) is 39.2 Å². The first-order chi connectivity index (χ1) is 9.51. The summed E-state index contributed by atoms with van der Waals surface area (Å²) in [5, 5.41) is 11.5. The first-order valence-corrected chi connectivity index (χ1v) is 6.93. The van der Waals surface area contributed by atoms with Crippen LogP contribution in [0.5, 0.6) is 0 Å². The predicted molar refractivity (Wildman–Crippen MR) is 79.3 cm³/mol. The van der Waals surface area contributed by atoms with E-state index in [0.717, 1.165) is 6.42 Å². The number of anilines is 1. The zero-order valence-electron chi connectivity index (χ0n) is 12.3. The van der Waals surface area contributed by atoms with Crippen LogP contribution in [0.4, 0.5) is 5.69 Å². The van der Waals surface area contributed by atoms with Crippen molar-refractivity contribution in [3.05, 3.63) is 29.8 Å². The molecule has 0 spiro atoms. The maximum absolute atomic E-state index is 11.7. The van der Waals surface area contributed by atoms with Crippen LogP contribution < -0.4 is 5.32 Å². The van der Waals surface area contributed by atoms with Crippen LogP contribution in [-0.2, 0) is 9.53 Å². The molecule has 0 aromatic heterocycles.